The Labute approximate surface area is 100 Å². The minimum absolute atomic E-state index is 0.687. The van der Waals surface area contributed by atoms with E-state index in [9.17, 15) is 0 Å². The van der Waals surface area contributed by atoms with Gasteiger partial charge in [-0.25, -0.2) is 4.68 Å². The summed E-state index contributed by atoms with van der Waals surface area (Å²) < 4.78 is 2.01. The molecule has 1 atom stereocenters. The van der Waals surface area contributed by atoms with Crippen LogP contribution in [0.15, 0.2) is 18.5 Å². The Morgan fingerprint density at radius 1 is 1.47 bits per heavy atom. The van der Waals surface area contributed by atoms with E-state index in [4.69, 9.17) is 0 Å². The monoisotopic (exact) mass is 231 g/mol. The molecule has 3 rings (SSSR count). The van der Waals surface area contributed by atoms with Gasteiger partial charge in [0.25, 0.3) is 0 Å². The van der Waals surface area contributed by atoms with Gasteiger partial charge < -0.3 is 4.90 Å². The Kier molecular flexibility index (Phi) is 2.76. The zero-order chi connectivity index (χ0) is 11.7. The first-order valence-electron chi connectivity index (χ1n) is 6.14. The fourth-order valence-corrected chi connectivity index (χ4v) is 2.63. The maximum absolute atomic E-state index is 4.22. The smallest absolute Gasteiger partial charge is 0.131 e. The van der Waals surface area contributed by atoms with Gasteiger partial charge in [-0.3, -0.25) is 4.98 Å². The largest absolute Gasteiger partial charge is 0.306 e. The molecule has 90 valence electrons. The zero-order valence-corrected chi connectivity index (χ0v) is 10.1. The SMILES string of the molecule is CN1CCCC(Cn2nnc3cnccc32)C1. The van der Waals surface area contributed by atoms with Crippen LogP contribution in [0.25, 0.3) is 11.0 Å². The van der Waals surface area contributed by atoms with Gasteiger partial charge in [0.05, 0.1) is 11.7 Å². The van der Waals surface area contributed by atoms with E-state index in [0.29, 0.717) is 5.92 Å². The molecule has 5 heteroatoms. The summed E-state index contributed by atoms with van der Waals surface area (Å²) in [6, 6.07) is 1.99. The highest BCUT2D eigenvalue weighted by Gasteiger charge is 2.18. The van der Waals surface area contributed by atoms with Crippen molar-refractivity contribution in [2.75, 3.05) is 20.1 Å². The van der Waals surface area contributed by atoms with Crippen molar-refractivity contribution < 1.29 is 0 Å². The second-order valence-corrected chi connectivity index (χ2v) is 4.91. The molecule has 1 saturated heterocycles. The summed E-state index contributed by atoms with van der Waals surface area (Å²) in [5.41, 5.74) is 1.98. The van der Waals surface area contributed by atoms with Crippen LogP contribution in [0, 0.1) is 5.92 Å². The first-order valence-corrected chi connectivity index (χ1v) is 6.14. The van der Waals surface area contributed by atoms with Gasteiger partial charge in [-0.15, -0.1) is 5.10 Å². The summed E-state index contributed by atoms with van der Waals surface area (Å²) in [5.74, 6) is 0.687. The third-order valence-electron chi connectivity index (χ3n) is 3.47. The second kappa shape index (κ2) is 4.41. The summed E-state index contributed by atoms with van der Waals surface area (Å²) in [5, 5.41) is 8.36. The van der Waals surface area contributed by atoms with E-state index in [1.165, 1.54) is 19.4 Å². The lowest BCUT2D eigenvalue weighted by molar-refractivity contribution is 0.191. The Hall–Kier alpha value is -1.49. The second-order valence-electron chi connectivity index (χ2n) is 4.91. The van der Waals surface area contributed by atoms with Gasteiger partial charge >= 0.3 is 0 Å². The quantitative estimate of drug-likeness (QED) is 0.778. The summed E-state index contributed by atoms with van der Waals surface area (Å²) in [4.78, 5) is 6.46. The maximum atomic E-state index is 4.22. The molecule has 1 aliphatic heterocycles. The van der Waals surface area contributed by atoms with Crippen molar-refractivity contribution in [1.82, 2.24) is 24.9 Å². The third-order valence-corrected chi connectivity index (χ3v) is 3.47. The molecule has 0 aliphatic carbocycles. The van der Waals surface area contributed by atoms with Gasteiger partial charge in [0.15, 0.2) is 0 Å². The Balaban J connectivity index is 1.80. The van der Waals surface area contributed by atoms with Crippen molar-refractivity contribution in [3.63, 3.8) is 0 Å². The Bertz CT molecular complexity index is 506. The first kappa shape index (κ1) is 10.7. The minimum Gasteiger partial charge on any atom is -0.306 e. The van der Waals surface area contributed by atoms with E-state index in [2.05, 4.69) is 27.2 Å². The molecule has 0 bridgehead atoms. The van der Waals surface area contributed by atoms with Crippen molar-refractivity contribution in [2.45, 2.75) is 19.4 Å². The number of pyridine rings is 1. The molecule has 3 heterocycles. The number of likely N-dealkylation sites (tertiary alicyclic amines) is 1. The van der Waals surface area contributed by atoms with Crippen LogP contribution in [0.5, 0.6) is 0 Å². The van der Waals surface area contributed by atoms with Crippen molar-refractivity contribution in [1.29, 1.82) is 0 Å². The summed E-state index contributed by atoms with van der Waals surface area (Å²) in [6.45, 7) is 3.34. The van der Waals surface area contributed by atoms with Crippen LogP contribution in [-0.2, 0) is 6.54 Å². The number of hydrogen-bond acceptors (Lipinski definition) is 4. The molecule has 0 radical (unpaired) electrons. The standard InChI is InChI=1S/C12H17N5/c1-16-6-2-3-10(8-16)9-17-12-4-5-13-7-11(12)14-15-17/h4-5,7,10H,2-3,6,8-9H2,1H3. The van der Waals surface area contributed by atoms with Crippen LogP contribution in [-0.4, -0.2) is 45.0 Å². The number of rotatable bonds is 2. The molecule has 1 unspecified atom stereocenters. The maximum Gasteiger partial charge on any atom is 0.131 e. The molecular weight excluding hydrogens is 214 g/mol. The first-order chi connectivity index (χ1) is 8.33. The molecule has 0 spiro atoms. The predicted molar refractivity (Wildman–Crippen MR) is 65.5 cm³/mol. The van der Waals surface area contributed by atoms with Crippen molar-refractivity contribution >= 4 is 11.0 Å². The van der Waals surface area contributed by atoms with Crippen LogP contribution in [0.3, 0.4) is 0 Å². The van der Waals surface area contributed by atoms with E-state index in [0.717, 1.165) is 24.1 Å². The van der Waals surface area contributed by atoms with Crippen LogP contribution in [0.1, 0.15) is 12.8 Å². The normalized spacial score (nSPS) is 22.1. The lowest BCUT2D eigenvalue weighted by Crippen LogP contribution is -2.34. The van der Waals surface area contributed by atoms with Gasteiger partial charge in [-0.1, -0.05) is 5.21 Å². The van der Waals surface area contributed by atoms with Crippen LogP contribution in [0.4, 0.5) is 0 Å². The number of piperidine rings is 1. The fourth-order valence-electron chi connectivity index (χ4n) is 2.63. The summed E-state index contributed by atoms with van der Waals surface area (Å²) in [6.07, 6.45) is 6.15. The molecule has 5 nitrogen and oxygen atoms in total. The highest BCUT2D eigenvalue weighted by atomic mass is 15.4. The van der Waals surface area contributed by atoms with E-state index in [-0.39, 0.29) is 0 Å². The molecule has 0 amide bonds. The molecule has 0 N–H and O–H groups in total. The number of nitrogens with zero attached hydrogens (tertiary/aromatic N) is 5. The number of fused-ring (bicyclic) bond motifs is 1. The van der Waals surface area contributed by atoms with Crippen molar-refractivity contribution in [3.8, 4) is 0 Å². The van der Waals surface area contributed by atoms with Gasteiger partial charge in [-0.2, -0.15) is 0 Å². The average molecular weight is 231 g/mol. The predicted octanol–water partition coefficient (Wildman–Crippen LogP) is 1.17. The lowest BCUT2D eigenvalue weighted by atomic mass is 9.98. The molecule has 0 aromatic carbocycles. The van der Waals surface area contributed by atoms with Crippen LogP contribution < -0.4 is 0 Å². The Morgan fingerprint density at radius 2 is 2.41 bits per heavy atom. The van der Waals surface area contributed by atoms with Gasteiger partial charge in [0.2, 0.25) is 0 Å². The molecule has 1 aliphatic rings. The Morgan fingerprint density at radius 3 is 3.29 bits per heavy atom. The van der Waals surface area contributed by atoms with E-state index >= 15 is 0 Å². The highest BCUT2D eigenvalue weighted by Crippen LogP contribution is 2.18. The lowest BCUT2D eigenvalue weighted by Gasteiger charge is -2.29. The molecular formula is C12H17N5. The zero-order valence-electron chi connectivity index (χ0n) is 10.1. The number of hydrogen-bond donors (Lipinski definition) is 0. The van der Waals surface area contributed by atoms with Crippen molar-refractivity contribution in [2.24, 2.45) is 5.92 Å². The topological polar surface area (TPSA) is 46.8 Å². The van der Waals surface area contributed by atoms with Gasteiger partial charge in [-0.05, 0) is 38.4 Å². The van der Waals surface area contributed by atoms with E-state index < -0.39 is 0 Å². The summed E-state index contributed by atoms with van der Waals surface area (Å²) in [7, 11) is 2.19. The number of aromatic nitrogens is 4. The molecule has 17 heavy (non-hydrogen) atoms. The highest BCUT2D eigenvalue weighted by molar-refractivity contribution is 5.72. The van der Waals surface area contributed by atoms with Crippen molar-refractivity contribution in [3.05, 3.63) is 18.5 Å². The summed E-state index contributed by atoms with van der Waals surface area (Å²) >= 11 is 0. The van der Waals surface area contributed by atoms with Crippen LogP contribution in [0.2, 0.25) is 0 Å². The average Bonchev–Trinajstić information content (AvgIpc) is 2.73. The van der Waals surface area contributed by atoms with E-state index in [1.807, 2.05) is 10.7 Å². The third kappa shape index (κ3) is 2.15. The molecule has 2 aromatic heterocycles. The molecule has 2 aromatic rings. The fraction of sp³-hybridized carbons (Fsp3) is 0.583. The van der Waals surface area contributed by atoms with Crippen LogP contribution >= 0.6 is 0 Å². The van der Waals surface area contributed by atoms with Gasteiger partial charge in [0, 0.05) is 19.3 Å². The molecule has 0 saturated carbocycles. The minimum atomic E-state index is 0.687. The van der Waals surface area contributed by atoms with Gasteiger partial charge in [0.1, 0.15) is 5.52 Å². The molecule has 1 fully saturated rings. The van der Waals surface area contributed by atoms with E-state index in [1.54, 1.807) is 12.4 Å².